The smallest absolute Gasteiger partial charge is 0.169 e. The van der Waals surface area contributed by atoms with E-state index in [1.807, 2.05) is 51.6 Å². The Balaban J connectivity index is 0.000000332. The van der Waals surface area contributed by atoms with Gasteiger partial charge in [0, 0.05) is 53.9 Å². The maximum absolute atomic E-state index is 11.0. The number of para-hydroxylation sites is 1. The van der Waals surface area contributed by atoms with E-state index < -0.39 is 5.97 Å². The van der Waals surface area contributed by atoms with E-state index in [-0.39, 0.29) is 11.0 Å². The number of aromatic amines is 1. The number of hydrogen-bond acceptors (Lipinski definition) is 4. The average Bonchev–Trinajstić information content (AvgIpc) is 2.67. The number of carboxylic acid groups (broad SMARTS) is 1. The second kappa shape index (κ2) is 10.9. The topological polar surface area (TPSA) is 101 Å². The normalized spacial score (nSPS) is 9.43. The lowest BCUT2D eigenvalue weighted by molar-refractivity contribution is -0.377. The first kappa shape index (κ1) is 23.0. The van der Waals surface area contributed by atoms with Crippen molar-refractivity contribution in [3.63, 3.8) is 0 Å². The molecule has 0 aliphatic heterocycles. The van der Waals surface area contributed by atoms with E-state index in [0.29, 0.717) is 10.7 Å². The number of nitrogens with one attached hydrogen (secondary N) is 2. The summed E-state index contributed by atoms with van der Waals surface area (Å²) in [4.78, 5) is 16.0. The average molecular weight is 402 g/mol. The molecule has 3 aromatic rings. The zero-order chi connectivity index (χ0) is 19.8. The van der Waals surface area contributed by atoms with Gasteiger partial charge in [-0.25, -0.2) is 4.98 Å². The summed E-state index contributed by atoms with van der Waals surface area (Å²) in [7, 11) is 4.05. The predicted octanol–water partition coefficient (Wildman–Crippen LogP) is 2.50. The summed E-state index contributed by atoms with van der Waals surface area (Å²) in [6.07, 6.45) is 3.82. The third kappa shape index (κ3) is 6.26. The van der Waals surface area contributed by atoms with Crippen LogP contribution in [0.15, 0.2) is 67.0 Å². The number of carbonyl (C=O) groups is 1. The van der Waals surface area contributed by atoms with Crippen LogP contribution in [0.4, 0.5) is 17.1 Å². The molecule has 28 heavy (non-hydrogen) atoms. The summed E-state index contributed by atoms with van der Waals surface area (Å²) in [5, 5.41) is 14.7. The van der Waals surface area contributed by atoms with Crippen LogP contribution in [0, 0.1) is 6.92 Å². The van der Waals surface area contributed by atoms with Crippen LogP contribution in [0.5, 0.6) is 0 Å². The maximum atomic E-state index is 11.0. The summed E-state index contributed by atoms with van der Waals surface area (Å²) in [6.45, 7) is 1.87. The standard InChI is InChI=1S/C14H12ClNO2.C7H10N2.H2O/c1-9-11(15)6-4-8-12(9)16-13-7-3-2-5-10(13)14(17)18;1-9(2)7-3-5-8-6-4-7;/h2-8,16H,1H3,(H,17,18);3-6H,1-2H3;1H2. The Hall–Kier alpha value is -3.09. The van der Waals surface area contributed by atoms with Gasteiger partial charge in [-0.3, -0.25) is 0 Å². The van der Waals surface area contributed by atoms with Gasteiger partial charge >= 0.3 is 0 Å². The number of carboxylic acids is 1. The molecule has 4 N–H and O–H groups in total. The largest absolute Gasteiger partial charge is 0.545 e. The molecule has 0 fully saturated rings. The minimum atomic E-state index is -1.21. The van der Waals surface area contributed by atoms with Crippen molar-refractivity contribution in [3.8, 4) is 0 Å². The number of rotatable bonds is 4. The monoisotopic (exact) mass is 401 g/mol. The quantitative estimate of drug-likeness (QED) is 0.725. The van der Waals surface area contributed by atoms with Crippen LogP contribution in [-0.2, 0) is 0 Å². The number of anilines is 3. The van der Waals surface area contributed by atoms with Crippen molar-refractivity contribution in [3.05, 3.63) is 83.1 Å². The van der Waals surface area contributed by atoms with Crippen molar-refractivity contribution in [2.75, 3.05) is 24.3 Å². The van der Waals surface area contributed by atoms with E-state index in [9.17, 15) is 9.90 Å². The molecule has 0 amide bonds. The van der Waals surface area contributed by atoms with Crippen molar-refractivity contribution in [1.82, 2.24) is 0 Å². The minimum Gasteiger partial charge on any atom is -0.545 e. The molecule has 0 spiro atoms. The van der Waals surface area contributed by atoms with Crippen LogP contribution in [-0.4, -0.2) is 25.5 Å². The Morgan fingerprint density at radius 2 is 1.61 bits per heavy atom. The second-order valence-corrected chi connectivity index (χ2v) is 6.43. The van der Waals surface area contributed by atoms with Gasteiger partial charge in [0.15, 0.2) is 12.4 Å². The zero-order valence-corrected chi connectivity index (χ0v) is 16.7. The molecule has 0 aliphatic rings. The highest BCUT2D eigenvalue weighted by Gasteiger charge is 2.06. The fourth-order valence-corrected chi connectivity index (χ4v) is 2.51. The van der Waals surface area contributed by atoms with Crippen molar-refractivity contribution in [2.45, 2.75) is 6.92 Å². The van der Waals surface area contributed by atoms with Gasteiger partial charge in [0.1, 0.15) is 0 Å². The number of benzene rings is 2. The number of pyridine rings is 1. The molecule has 7 heteroatoms. The van der Waals surface area contributed by atoms with Gasteiger partial charge < -0.3 is 25.6 Å². The van der Waals surface area contributed by atoms with Crippen LogP contribution in [0.25, 0.3) is 0 Å². The highest BCUT2D eigenvalue weighted by atomic mass is 35.5. The lowest BCUT2D eigenvalue weighted by atomic mass is 10.1. The third-order valence-corrected chi connectivity index (χ3v) is 4.31. The summed E-state index contributed by atoms with van der Waals surface area (Å²) in [5.41, 5.74) is 3.47. The molecule has 6 nitrogen and oxygen atoms in total. The lowest BCUT2D eigenvalue weighted by Crippen LogP contribution is -2.23. The number of nitrogens with zero attached hydrogens (tertiary/aromatic N) is 1. The van der Waals surface area contributed by atoms with Crippen molar-refractivity contribution >= 4 is 34.6 Å². The summed E-state index contributed by atoms with van der Waals surface area (Å²) in [6, 6.07) is 16.1. The Labute approximate surface area is 169 Å². The molecule has 0 aliphatic carbocycles. The van der Waals surface area contributed by atoms with E-state index >= 15 is 0 Å². The number of aromatic carboxylic acids is 1. The molecular weight excluding hydrogens is 378 g/mol. The molecule has 0 atom stereocenters. The maximum Gasteiger partial charge on any atom is 0.169 e. The lowest BCUT2D eigenvalue weighted by Gasteiger charge is -2.14. The first-order valence-corrected chi connectivity index (χ1v) is 8.74. The molecule has 148 valence electrons. The van der Waals surface area contributed by atoms with Gasteiger partial charge in [0.2, 0.25) is 0 Å². The molecule has 1 heterocycles. The van der Waals surface area contributed by atoms with Crippen molar-refractivity contribution in [1.29, 1.82) is 0 Å². The molecule has 3 rings (SSSR count). The van der Waals surface area contributed by atoms with E-state index in [1.165, 1.54) is 11.8 Å². The fourth-order valence-electron chi connectivity index (χ4n) is 2.33. The number of aromatic nitrogens is 1. The minimum absolute atomic E-state index is 0. The zero-order valence-electron chi connectivity index (χ0n) is 16.0. The van der Waals surface area contributed by atoms with Crippen molar-refractivity contribution < 1.29 is 20.4 Å². The molecule has 0 saturated heterocycles. The van der Waals surface area contributed by atoms with Crippen LogP contribution in [0.1, 0.15) is 15.9 Å². The molecule has 0 bridgehead atoms. The van der Waals surface area contributed by atoms with Crippen molar-refractivity contribution in [2.24, 2.45) is 0 Å². The molecule has 0 saturated carbocycles. The molecule has 2 aromatic carbocycles. The van der Waals surface area contributed by atoms with Gasteiger partial charge in [0.05, 0.1) is 5.97 Å². The third-order valence-electron chi connectivity index (χ3n) is 3.90. The SMILES string of the molecule is CN(C)c1cc[nH+]cc1.Cc1c(Cl)cccc1Nc1ccccc1C(=O)[O-].O. The molecule has 0 radical (unpaired) electrons. The van der Waals surface area contributed by atoms with E-state index in [0.717, 1.165) is 11.3 Å². The van der Waals surface area contributed by atoms with Gasteiger partial charge in [-0.1, -0.05) is 35.9 Å². The van der Waals surface area contributed by atoms with Gasteiger partial charge in [-0.15, -0.1) is 0 Å². The Morgan fingerprint density at radius 3 is 2.18 bits per heavy atom. The number of halogens is 1. The Kier molecular flexibility index (Phi) is 8.95. The predicted molar refractivity (Wildman–Crippen MR) is 111 cm³/mol. The van der Waals surface area contributed by atoms with Crippen LogP contribution in [0.2, 0.25) is 5.02 Å². The van der Waals surface area contributed by atoms with Gasteiger partial charge in [0.25, 0.3) is 0 Å². The number of carbonyl (C=O) groups excluding carboxylic acids is 1. The highest BCUT2D eigenvalue weighted by molar-refractivity contribution is 6.31. The van der Waals surface area contributed by atoms with Gasteiger partial charge in [-0.05, 0) is 30.7 Å². The van der Waals surface area contributed by atoms with Crippen LogP contribution < -0.4 is 20.3 Å². The first-order chi connectivity index (χ1) is 12.9. The Morgan fingerprint density at radius 1 is 1.00 bits per heavy atom. The van der Waals surface area contributed by atoms with Crippen LogP contribution in [0.3, 0.4) is 0 Å². The van der Waals surface area contributed by atoms with E-state index in [2.05, 4.69) is 15.2 Å². The summed E-state index contributed by atoms with van der Waals surface area (Å²) >= 11 is 6.01. The number of hydrogen-bond donors (Lipinski definition) is 1. The van der Waals surface area contributed by atoms with Crippen LogP contribution >= 0.6 is 11.6 Å². The first-order valence-electron chi connectivity index (χ1n) is 8.36. The summed E-state index contributed by atoms with van der Waals surface area (Å²) in [5.74, 6) is -1.21. The fraction of sp³-hybridized carbons (Fsp3) is 0.143. The molecular formula is C21H24ClN3O3. The molecule has 1 aromatic heterocycles. The highest BCUT2D eigenvalue weighted by Crippen LogP contribution is 2.27. The van der Waals surface area contributed by atoms with Gasteiger partial charge in [-0.2, -0.15) is 0 Å². The van der Waals surface area contributed by atoms with E-state index in [1.54, 1.807) is 30.3 Å². The van der Waals surface area contributed by atoms with E-state index in [4.69, 9.17) is 11.6 Å². The summed E-state index contributed by atoms with van der Waals surface area (Å²) < 4.78 is 0. The molecule has 0 unspecified atom stereocenters. The second-order valence-electron chi connectivity index (χ2n) is 6.02. The number of H-pyrrole nitrogens is 1. The Bertz CT molecular complexity index is 902.